The average Bonchev–Trinajstić information content (AvgIpc) is 2.82. The number of amides is 1. The molecule has 1 heterocycles. The van der Waals surface area contributed by atoms with Crippen LogP contribution in [0.15, 0.2) is 66.7 Å². The van der Waals surface area contributed by atoms with Gasteiger partial charge in [-0.15, -0.1) is 0 Å². The fourth-order valence-corrected chi connectivity index (χ4v) is 3.72. The summed E-state index contributed by atoms with van der Waals surface area (Å²) in [6.07, 6.45) is 3.57. The Hall–Kier alpha value is -3.47. The summed E-state index contributed by atoms with van der Waals surface area (Å²) in [4.78, 5) is 16.8. The van der Waals surface area contributed by atoms with Crippen molar-refractivity contribution < 1.29 is 14.3 Å². The van der Waals surface area contributed by atoms with Crippen LogP contribution >= 0.6 is 0 Å². The maximum Gasteiger partial charge on any atom is 0.246 e. The Morgan fingerprint density at radius 3 is 2.13 bits per heavy atom. The number of benzene rings is 3. The van der Waals surface area contributed by atoms with Crippen molar-refractivity contribution in [1.29, 1.82) is 0 Å². The van der Waals surface area contributed by atoms with E-state index in [0.29, 0.717) is 13.1 Å². The van der Waals surface area contributed by atoms with Crippen molar-refractivity contribution in [2.75, 3.05) is 45.3 Å². The van der Waals surface area contributed by atoms with E-state index < -0.39 is 0 Å². The largest absolute Gasteiger partial charge is 0.497 e. The molecule has 154 valence electrons. The second kappa shape index (κ2) is 8.91. The highest BCUT2D eigenvalue weighted by atomic mass is 16.5. The van der Waals surface area contributed by atoms with E-state index in [9.17, 15) is 4.79 Å². The van der Waals surface area contributed by atoms with Gasteiger partial charge < -0.3 is 19.3 Å². The molecule has 1 aliphatic heterocycles. The van der Waals surface area contributed by atoms with Gasteiger partial charge in [-0.25, -0.2) is 0 Å². The summed E-state index contributed by atoms with van der Waals surface area (Å²) < 4.78 is 10.5. The number of rotatable bonds is 5. The van der Waals surface area contributed by atoms with E-state index in [1.54, 1.807) is 20.3 Å². The number of nitrogens with zero attached hydrogens (tertiary/aromatic N) is 2. The molecule has 0 aliphatic carbocycles. The normalized spacial score (nSPS) is 14.3. The molecule has 0 aromatic heterocycles. The number of ether oxygens (including phenoxy) is 2. The Balaban J connectivity index is 1.36. The van der Waals surface area contributed by atoms with Gasteiger partial charge in [-0.3, -0.25) is 4.79 Å². The van der Waals surface area contributed by atoms with Gasteiger partial charge in [0.05, 0.1) is 14.2 Å². The van der Waals surface area contributed by atoms with Crippen LogP contribution in [0.25, 0.3) is 16.8 Å². The van der Waals surface area contributed by atoms with Gasteiger partial charge in [-0.05, 0) is 64.9 Å². The maximum absolute atomic E-state index is 12.6. The van der Waals surface area contributed by atoms with Crippen molar-refractivity contribution in [3.05, 3.63) is 72.3 Å². The second-order valence-electron chi connectivity index (χ2n) is 7.32. The number of hydrogen-bond donors (Lipinski definition) is 0. The number of hydrogen-bond acceptors (Lipinski definition) is 4. The molecule has 1 fully saturated rings. The van der Waals surface area contributed by atoms with Crippen molar-refractivity contribution in [3.63, 3.8) is 0 Å². The minimum absolute atomic E-state index is 0.0548. The van der Waals surface area contributed by atoms with Crippen LogP contribution in [0.3, 0.4) is 0 Å². The summed E-state index contributed by atoms with van der Waals surface area (Å²) in [5.41, 5.74) is 2.17. The minimum atomic E-state index is 0.0548. The molecule has 0 bridgehead atoms. The van der Waals surface area contributed by atoms with E-state index in [-0.39, 0.29) is 5.91 Å². The highest BCUT2D eigenvalue weighted by Gasteiger charge is 2.19. The Morgan fingerprint density at radius 2 is 1.43 bits per heavy atom. The first-order valence-corrected chi connectivity index (χ1v) is 10.1. The average molecular weight is 402 g/mol. The topological polar surface area (TPSA) is 42.0 Å². The van der Waals surface area contributed by atoms with Crippen LogP contribution < -0.4 is 14.4 Å². The van der Waals surface area contributed by atoms with E-state index in [1.165, 1.54) is 0 Å². The van der Waals surface area contributed by atoms with Crippen LogP contribution in [0.5, 0.6) is 11.5 Å². The van der Waals surface area contributed by atoms with Crippen LogP contribution in [0.4, 0.5) is 5.69 Å². The summed E-state index contributed by atoms with van der Waals surface area (Å²) in [7, 11) is 3.34. The van der Waals surface area contributed by atoms with Gasteiger partial charge in [0.15, 0.2) is 0 Å². The predicted octanol–water partition coefficient (Wildman–Crippen LogP) is 4.22. The summed E-state index contributed by atoms with van der Waals surface area (Å²) in [5.74, 6) is 1.75. The molecule has 0 saturated carbocycles. The maximum atomic E-state index is 12.6. The highest BCUT2D eigenvalue weighted by molar-refractivity contribution is 5.93. The molecule has 1 amide bonds. The molecular weight excluding hydrogens is 376 g/mol. The quantitative estimate of drug-likeness (QED) is 0.600. The summed E-state index contributed by atoms with van der Waals surface area (Å²) in [6.45, 7) is 3.08. The molecular formula is C25H26N2O3. The van der Waals surface area contributed by atoms with Crippen LogP contribution in [-0.2, 0) is 4.79 Å². The summed E-state index contributed by atoms with van der Waals surface area (Å²) in [5, 5.41) is 2.24. The second-order valence-corrected chi connectivity index (χ2v) is 7.32. The lowest BCUT2D eigenvalue weighted by molar-refractivity contribution is -0.126. The van der Waals surface area contributed by atoms with Gasteiger partial charge >= 0.3 is 0 Å². The number of fused-ring (bicyclic) bond motifs is 1. The van der Waals surface area contributed by atoms with Crippen LogP contribution in [0.2, 0.25) is 0 Å². The lowest BCUT2D eigenvalue weighted by Crippen LogP contribution is -2.48. The van der Waals surface area contributed by atoms with Gasteiger partial charge in [0.1, 0.15) is 11.5 Å². The van der Waals surface area contributed by atoms with Crippen molar-refractivity contribution in [2.24, 2.45) is 0 Å². The molecule has 30 heavy (non-hydrogen) atoms. The first-order valence-electron chi connectivity index (χ1n) is 10.1. The van der Waals surface area contributed by atoms with Crippen molar-refractivity contribution in [2.45, 2.75) is 0 Å². The van der Waals surface area contributed by atoms with Gasteiger partial charge in [0, 0.05) is 37.9 Å². The molecule has 5 heteroatoms. The molecule has 0 N–H and O–H groups in total. The van der Waals surface area contributed by atoms with Gasteiger partial charge in [0.2, 0.25) is 5.91 Å². The standard InChI is InChI=1S/C25H26N2O3/c1-29-23-10-7-22(8-11-23)26-13-15-27(16-14-26)25(28)12-4-19-3-5-21-18-24(30-2)9-6-20(21)17-19/h3-12,17-18H,13-16H2,1-2H3/b12-4+. The third kappa shape index (κ3) is 4.40. The summed E-state index contributed by atoms with van der Waals surface area (Å²) >= 11 is 0. The lowest BCUT2D eigenvalue weighted by Gasteiger charge is -2.35. The van der Waals surface area contributed by atoms with Crippen LogP contribution in [-0.4, -0.2) is 51.2 Å². The van der Waals surface area contributed by atoms with Crippen LogP contribution in [0, 0.1) is 0 Å². The molecule has 1 saturated heterocycles. The molecule has 0 atom stereocenters. The number of carbonyl (C=O) groups excluding carboxylic acids is 1. The highest BCUT2D eigenvalue weighted by Crippen LogP contribution is 2.23. The third-order valence-electron chi connectivity index (χ3n) is 5.52. The van der Waals surface area contributed by atoms with E-state index in [2.05, 4.69) is 29.2 Å². The van der Waals surface area contributed by atoms with E-state index in [1.807, 2.05) is 47.4 Å². The molecule has 0 spiro atoms. The van der Waals surface area contributed by atoms with Gasteiger partial charge in [-0.2, -0.15) is 0 Å². The lowest BCUT2D eigenvalue weighted by atomic mass is 10.1. The number of carbonyl (C=O) groups is 1. The molecule has 5 nitrogen and oxygen atoms in total. The number of anilines is 1. The van der Waals surface area contributed by atoms with Crippen molar-refractivity contribution in [3.8, 4) is 11.5 Å². The zero-order valence-corrected chi connectivity index (χ0v) is 17.4. The van der Waals surface area contributed by atoms with E-state index >= 15 is 0 Å². The fourth-order valence-electron chi connectivity index (χ4n) is 3.72. The first-order chi connectivity index (χ1) is 14.7. The number of methoxy groups -OCH3 is 2. The Labute approximate surface area is 177 Å². The number of piperazine rings is 1. The Bertz CT molecular complexity index is 1050. The zero-order chi connectivity index (χ0) is 20.9. The molecule has 1 aliphatic rings. The monoisotopic (exact) mass is 402 g/mol. The summed E-state index contributed by atoms with van der Waals surface area (Å²) in [6, 6.07) is 20.2. The van der Waals surface area contributed by atoms with Gasteiger partial charge in [0.25, 0.3) is 0 Å². The first kappa shape index (κ1) is 19.8. The molecule has 0 radical (unpaired) electrons. The van der Waals surface area contributed by atoms with E-state index in [0.717, 1.165) is 46.6 Å². The molecule has 0 unspecified atom stereocenters. The minimum Gasteiger partial charge on any atom is -0.497 e. The SMILES string of the molecule is COc1ccc(N2CCN(C(=O)/C=C/c3ccc4cc(OC)ccc4c3)CC2)cc1. The van der Waals surface area contributed by atoms with Crippen LogP contribution in [0.1, 0.15) is 5.56 Å². The zero-order valence-electron chi connectivity index (χ0n) is 17.4. The Kier molecular flexibility index (Phi) is 5.89. The van der Waals surface area contributed by atoms with E-state index in [4.69, 9.17) is 9.47 Å². The van der Waals surface area contributed by atoms with Crippen molar-refractivity contribution in [1.82, 2.24) is 4.90 Å². The van der Waals surface area contributed by atoms with Crippen molar-refractivity contribution >= 4 is 28.4 Å². The fraction of sp³-hybridized carbons (Fsp3) is 0.240. The Morgan fingerprint density at radius 1 is 0.800 bits per heavy atom. The third-order valence-corrected chi connectivity index (χ3v) is 5.52. The molecule has 3 aromatic carbocycles. The smallest absolute Gasteiger partial charge is 0.246 e. The van der Waals surface area contributed by atoms with Gasteiger partial charge in [-0.1, -0.05) is 18.2 Å². The predicted molar refractivity (Wildman–Crippen MR) is 121 cm³/mol. The molecule has 3 aromatic rings. The molecule has 4 rings (SSSR count).